The summed E-state index contributed by atoms with van der Waals surface area (Å²) in [6, 6.07) is 5.17. The van der Waals surface area contributed by atoms with Crippen molar-refractivity contribution in [2.45, 2.75) is 39.3 Å². The zero-order chi connectivity index (χ0) is 14.4. The number of hydrogen-bond donors (Lipinski definition) is 3. The minimum atomic E-state index is -1.09. The van der Waals surface area contributed by atoms with Gasteiger partial charge in [-0.1, -0.05) is 20.8 Å². The van der Waals surface area contributed by atoms with Gasteiger partial charge in [0, 0.05) is 5.39 Å². The lowest BCUT2D eigenvalue weighted by Crippen LogP contribution is -2.15. The molecule has 4 heteroatoms. The second-order valence-corrected chi connectivity index (χ2v) is 5.95. The lowest BCUT2D eigenvalue weighted by Gasteiger charge is -2.22. The second-order valence-electron chi connectivity index (χ2n) is 5.95. The normalized spacial score (nSPS) is 13.8. The van der Waals surface area contributed by atoms with E-state index in [4.69, 9.17) is 5.73 Å². The molecule has 4 nitrogen and oxygen atoms in total. The summed E-state index contributed by atoms with van der Waals surface area (Å²) in [5, 5.41) is 20.3. The van der Waals surface area contributed by atoms with E-state index in [1.54, 1.807) is 18.2 Å². The molecule has 4 N–H and O–H groups in total. The number of rotatable bonds is 1. The van der Waals surface area contributed by atoms with Crippen LogP contribution in [0.25, 0.3) is 10.9 Å². The van der Waals surface area contributed by atoms with Crippen LogP contribution in [-0.4, -0.2) is 15.2 Å². The first-order valence-corrected chi connectivity index (χ1v) is 6.28. The highest BCUT2D eigenvalue weighted by molar-refractivity contribution is 5.87. The van der Waals surface area contributed by atoms with Crippen molar-refractivity contribution < 1.29 is 10.2 Å². The molecule has 2 aromatic rings. The van der Waals surface area contributed by atoms with Crippen LogP contribution in [0, 0.1) is 6.92 Å². The van der Waals surface area contributed by atoms with Gasteiger partial charge in [-0.15, -0.1) is 0 Å². The van der Waals surface area contributed by atoms with Crippen molar-refractivity contribution in [3.8, 4) is 5.75 Å². The number of nitrogens with two attached hydrogens (primary N) is 1. The van der Waals surface area contributed by atoms with Gasteiger partial charge in [-0.3, -0.25) is 0 Å². The summed E-state index contributed by atoms with van der Waals surface area (Å²) in [4.78, 5) is 4.46. The number of aromatic nitrogens is 1. The molecule has 0 spiro atoms. The second kappa shape index (κ2) is 4.47. The van der Waals surface area contributed by atoms with E-state index in [2.05, 4.69) is 25.8 Å². The Labute approximate surface area is 112 Å². The fourth-order valence-corrected chi connectivity index (χ4v) is 2.22. The predicted molar refractivity (Wildman–Crippen MR) is 76.0 cm³/mol. The number of hydrogen-bond acceptors (Lipinski definition) is 4. The summed E-state index contributed by atoms with van der Waals surface area (Å²) in [5.74, 6) is 0.225. The van der Waals surface area contributed by atoms with Gasteiger partial charge < -0.3 is 15.9 Å². The topological polar surface area (TPSA) is 79.4 Å². The first-order valence-electron chi connectivity index (χ1n) is 6.28. The number of aromatic hydroxyl groups is 1. The largest absolute Gasteiger partial charge is 0.508 e. The third-order valence-electron chi connectivity index (χ3n) is 3.24. The predicted octanol–water partition coefficient (Wildman–Crippen LogP) is 2.50. The Morgan fingerprint density at radius 2 is 1.84 bits per heavy atom. The molecule has 102 valence electrons. The summed E-state index contributed by atoms with van der Waals surface area (Å²) in [6.07, 6.45) is -1.09. The third-order valence-corrected chi connectivity index (χ3v) is 3.24. The number of aryl methyl sites for hydroxylation is 1. The van der Waals surface area contributed by atoms with Gasteiger partial charge in [0.15, 0.2) is 0 Å². The van der Waals surface area contributed by atoms with E-state index in [0.29, 0.717) is 5.69 Å². The number of fused-ring (bicyclic) bond motifs is 1. The van der Waals surface area contributed by atoms with Crippen molar-refractivity contribution in [2.24, 2.45) is 5.73 Å². The van der Waals surface area contributed by atoms with Gasteiger partial charge in [0.05, 0.1) is 11.2 Å². The Bertz CT molecular complexity index is 628. The molecule has 2 rings (SSSR count). The van der Waals surface area contributed by atoms with Crippen LogP contribution in [0.3, 0.4) is 0 Å². The van der Waals surface area contributed by atoms with Crippen LogP contribution < -0.4 is 5.73 Å². The van der Waals surface area contributed by atoms with Crippen LogP contribution in [-0.2, 0) is 5.41 Å². The van der Waals surface area contributed by atoms with Crippen LogP contribution >= 0.6 is 0 Å². The van der Waals surface area contributed by atoms with E-state index in [9.17, 15) is 10.2 Å². The fraction of sp³-hybridized carbons (Fsp3) is 0.400. The molecule has 1 heterocycles. The molecule has 19 heavy (non-hydrogen) atoms. The molecule has 0 saturated heterocycles. The quantitative estimate of drug-likeness (QED) is 0.688. The van der Waals surface area contributed by atoms with E-state index >= 15 is 0 Å². The zero-order valence-corrected chi connectivity index (χ0v) is 11.7. The van der Waals surface area contributed by atoms with E-state index < -0.39 is 6.23 Å². The van der Waals surface area contributed by atoms with Crippen LogP contribution in [0.4, 0.5) is 0 Å². The molecule has 0 aliphatic carbocycles. The summed E-state index contributed by atoms with van der Waals surface area (Å²) in [6.45, 7) is 8.10. The van der Waals surface area contributed by atoms with Crippen LogP contribution in [0.2, 0.25) is 0 Å². The lowest BCUT2D eigenvalue weighted by atomic mass is 9.84. The molecule has 0 bridgehead atoms. The van der Waals surface area contributed by atoms with Crippen LogP contribution in [0.5, 0.6) is 5.75 Å². The number of aliphatic hydroxyl groups excluding tert-OH is 1. The Hall–Kier alpha value is -1.65. The molecule has 0 fully saturated rings. The SMILES string of the molecule is Cc1cc(C(N)O)nc2c(C(C)(C)C)cc(O)cc12. The maximum absolute atomic E-state index is 9.88. The van der Waals surface area contributed by atoms with Crippen molar-refractivity contribution in [1.82, 2.24) is 4.98 Å². The van der Waals surface area contributed by atoms with Gasteiger partial charge in [0.2, 0.25) is 0 Å². The van der Waals surface area contributed by atoms with Crippen molar-refractivity contribution in [2.75, 3.05) is 0 Å². The summed E-state index contributed by atoms with van der Waals surface area (Å²) in [5.41, 5.74) is 8.45. The van der Waals surface area contributed by atoms with Crippen LogP contribution in [0.15, 0.2) is 18.2 Å². The van der Waals surface area contributed by atoms with E-state index in [1.807, 2.05) is 6.92 Å². The highest BCUT2D eigenvalue weighted by Gasteiger charge is 2.20. The average Bonchev–Trinajstić information content (AvgIpc) is 2.27. The first kappa shape index (κ1) is 13.8. The monoisotopic (exact) mass is 260 g/mol. The molecule has 0 aliphatic rings. The van der Waals surface area contributed by atoms with Gasteiger partial charge in [-0.05, 0) is 41.7 Å². The van der Waals surface area contributed by atoms with Crippen LogP contribution in [0.1, 0.15) is 43.8 Å². The molecule has 0 amide bonds. The maximum atomic E-state index is 9.88. The number of phenols is 1. The van der Waals surface area contributed by atoms with Crippen molar-refractivity contribution >= 4 is 10.9 Å². The minimum absolute atomic E-state index is 0.158. The van der Waals surface area contributed by atoms with Crippen molar-refractivity contribution in [1.29, 1.82) is 0 Å². The van der Waals surface area contributed by atoms with E-state index in [-0.39, 0.29) is 11.2 Å². The fourth-order valence-electron chi connectivity index (χ4n) is 2.22. The molecule has 1 unspecified atom stereocenters. The summed E-state index contributed by atoms with van der Waals surface area (Å²) < 4.78 is 0. The Balaban J connectivity index is 2.88. The van der Waals surface area contributed by atoms with Gasteiger partial charge in [0.1, 0.15) is 12.0 Å². The number of phenolic OH excluding ortho intramolecular Hbond substituents is 1. The maximum Gasteiger partial charge on any atom is 0.145 e. The van der Waals surface area contributed by atoms with Crippen molar-refractivity contribution in [3.05, 3.63) is 35.0 Å². The Morgan fingerprint density at radius 3 is 2.37 bits per heavy atom. The molecular formula is C15H20N2O2. The van der Waals surface area contributed by atoms with E-state index in [0.717, 1.165) is 22.0 Å². The highest BCUT2D eigenvalue weighted by Crippen LogP contribution is 2.34. The van der Waals surface area contributed by atoms with Crippen molar-refractivity contribution in [3.63, 3.8) is 0 Å². The first-order chi connectivity index (χ1) is 8.70. The van der Waals surface area contributed by atoms with E-state index in [1.165, 1.54) is 0 Å². The smallest absolute Gasteiger partial charge is 0.145 e. The number of pyridine rings is 1. The molecule has 0 aliphatic heterocycles. The summed E-state index contributed by atoms with van der Waals surface area (Å²) >= 11 is 0. The zero-order valence-electron chi connectivity index (χ0n) is 11.7. The third kappa shape index (κ3) is 2.55. The van der Waals surface area contributed by atoms with Gasteiger partial charge >= 0.3 is 0 Å². The number of aliphatic hydroxyl groups is 1. The molecule has 1 aromatic heterocycles. The highest BCUT2D eigenvalue weighted by atomic mass is 16.3. The summed E-state index contributed by atoms with van der Waals surface area (Å²) in [7, 11) is 0. The average molecular weight is 260 g/mol. The minimum Gasteiger partial charge on any atom is -0.508 e. The van der Waals surface area contributed by atoms with Gasteiger partial charge in [0.25, 0.3) is 0 Å². The Morgan fingerprint density at radius 1 is 1.21 bits per heavy atom. The van der Waals surface area contributed by atoms with Gasteiger partial charge in [-0.25, -0.2) is 4.98 Å². The molecular weight excluding hydrogens is 240 g/mol. The lowest BCUT2D eigenvalue weighted by molar-refractivity contribution is 0.181. The number of benzene rings is 1. The Kier molecular flexibility index (Phi) is 3.24. The van der Waals surface area contributed by atoms with Gasteiger partial charge in [-0.2, -0.15) is 0 Å². The number of nitrogens with zero attached hydrogens (tertiary/aromatic N) is 1. The molecule has 0 saturated carbocycles. The molecule has 1 atom stereocenters. The standard InChI is InChI=1S/C15H20N2O2/c1-8-5-12(14(16)19)17-13-10(8)6-9(18)7-11(13)15(2,3)4/h5-7,14,18-19H,16H2,1-4H3. The molecule has 1 aromatic carbocycles. The molecule has 0 radical (unpaired) electrons.